The normalized spacial score (nSPS) is 10.1. The van der Waals surface area contributed by atoms with Crippen molar-refractivity contribution < 1.29 is 9.18 Å². The molecule has 13 heavy (non-hydrogen) atoms. The Kier molecular flexibility index (Phi) is 4.06. The zero-order valence-corrected chi connectivity index (χ0v) is 9.86. The lowest BCUT2D eigenvalue weighted by Crippen LogP contribution is -2.05. The van der Waals surface area contributed by atoms with E-state index in [-0.39, 0.29) is 23.4 Å². The van der Waals surface area contributed by atoms with Crippen LogP contribution >= 0.6 is 31.9 Å². The molecule has 4 heteroatoms. The van der Waals surface area contributed by atoms with Gasteiger partial charge in [0.15, 0.2) is 0 Å². The van der Waals surface area contributed by atoms with Crippen LogP contribution in [-0.4, -0.2) is 11.1 Å². The summed E-state index contributed by atoms with van der Waals surface area (Å²) in [4.78, 5) is 11.0. The second-order valence-electron chi connectivity index (χ2n) is 2.58. The van der Waals surface area contributed by atoms with Crippen LogP contribution in [0, 0.1) is 5.82 Å². The van der Waals surface area contributed by atoms with Crippen LogP contribution < -0.4 is 0 Å². The number of carbonyl (C=O) groups excluding carboxylic acids is 1. The molecule has 0 saturated carbocycles. The van der Waals surface area contributed by atoms with E-state index in [2.05, 4.69) is 31.9 Å². The van der Waals surface area contributed by atoms with Crippen molar-refractivity contribution in [2.24, 2.45) is 0 Å². The van der Waals surface area contributed by atoms with E-state index in [9.17, 15) is 9.18 Å². The van der Waals surface area contributed by atoms with E-state index < -0.39 is 0 Å². The molecule has 0 aliphatic carbocycles. The van der Waals surface area contributed by atoms with Crippen LogP contribution in [0.15, 0.2) is 22.7 Å². The monoisotopic (exact) mass is 308 g/mol. The van der Waals surface area contributed by atoms with Gasteiger partial charge < -0.3 is 0 Å². The zero-order chi connectivity index (χ0) is 9.84. The molecule has 0 radical (unpaired) electrons. The maximum atomic E-state index is 13.1. The summed E-state index contributed by atoms with van der Waals surface area (Å²) in [6.07, 6.45) is 0.135. The lowest BCUT2D eigenvalue weighted by molar-refractivity contribution is -0.115. The van der Waals surface area contributed by atoms with E-state index >= 15 is 0 Å². The summed E-state index contributed by atoms with van der Waals surface area (Å²) >= 11 is 6.25. The number of rotatable bonds is 3. The summed E-state index contributed by atoms with van der Waals surface area (Å²) in [5.74, 6) is -0.366. The summed E-state index contributed by atoms with van der Waals surface area (Å²) in [5, 5.41) is 0.263. The van der Waals surface area contributed by atoms with Gasteiger partial charge in [0.25, 0.3) is 0 Å². The fraction of sp³-hybridized carbons (Fsp3) is 0.222. The molecule has 0 N–H and O–H groups in total. The number of halogens is 3. The Hall–Kier alpha value is -0.220. The highest BCUT2D eigenvalue weighted by molar-refractivity contribution is 9.10. The third-order valence-electron chi connectivity index (χ3n) is 1.54. The number of alkyl halides is 1. The Labute approximate surface area is 92.6 Å². The molecule has 0 heterocycles. The smallest absolute Gasteiger partial charge is 0.147 e. The van der Waals surface area contributed by atoms with Gasteiger partial charge in [0, 0.05) is 10.9 Å². The number of benzene rings is 1. The minimum atomic E-state index is -0.336. The van der Waals surface area contributed by atoms with E-state index in [1.54, 1.807) is 12.1 Å². The van der Waals surface area contributed by atoms with E-state index in [1.807, 2.05) is 0 Å². The van der Waals surface area contributed by atoms with Crippen LogP contribution in [0.5, 0.6) is 0 Å². The lowest BCUT2D eigenvalue weighted by Gasteiger charge is -2.01. The van der Waals surface area contributed by atoms with Crippen LogP contribution in [0.3, 0.4) is 0 Å². The first-order valence-corrected chi connectivity index (χ1v) is 5.56. The number of carbonyl (C=O) groups is 1. The topological polar surface area (TPSA) is 17.1 Å². The maximum absolute atomic E-state index is 13.1. The van der Waals surface area contributed by atoms with Gasteiger partial charge in [-0.15, -0.1) is 0 Å². The quantitative estimate of drug-likeness (QED) is 0.784. The first-order chi connectivity index (χ1) is 6.13. The zero-order valence-electron chi connectivity index (χ0n) is 6.69. The average Bonchev–Trinajstić information content (AvgIpc) is 2.11. The van der Waals surface area contributed by atoms with Crippen molar-refractivity contribution in [1.82, 2.24) is 0 Å². The highest BCUT2D eigenvalue weighted by Gasteiger charge is 2.07. The van der Waals surface area contributed by atoms with Gasteiger partial charge in [-0.1, -0.05) is 31.9 Å². The van der Waals surface area contributed by atoms with Crippen LogP contribution in [-0.2, 0) is 11.2 Å². The number of hydrogen-bond donors (Lipinski definition) is 0. The Balaban J connectivity index is 2.87. The fourth-order valence-electron chi connectivity index (χ4n) is 0.938. The minimum Gasteiger partial charge on any atom is -0.298 e. The average molecular weight is 310 g/mol. The van der Waals surface area contributed by atoms with Crippen LogP contribution in [0.1, 0.15) is 5.56 Å². The SMILES string of the molecule is O=C(CBr)Cc1cc(Br)ccc1F. The van der Waals surface area contributed by atoms with Gasteiger partial charge in [0.05, 0.1) is 5.33 Å². The largest absolute Gasteiger partial charge is 0.298 e. The van der Waals surface area contributed by atoms with Gasteiger partial charge in [-0.2, -0.15) is 0 Å². The third-order valence-corrected chi connectivity index (χ3v) is 2.66. The van der Waals surface area contributed by atoms with Crippen molar-refractivity contribution in [2.45, 2.75) is 6.42 Å². The summed E-state index contributed by atoms with van der Waals surface area (Å²) < 4.78 is 13.9. The Morgan fingerprint density at radius 1 is 1.46 bits per heavy atom. The molecule has 70 valence electrons. The predicted molar refractivity (Wildman–Crippen MR) is 56.6 cm³/mol. The molecule has 0 aromatic heterocycles. The summed E-state index contributed by atoms with van der Waals surface area (Å²) in [7, 11) is 0. The van der Waals surface area contributed by atoms with Gasteiger partial charge in [-0.25, -0.2) is 4.39 Å². The number of ketones is 1. The first-order valence-electron chi connectivity index (χ1n) is 3.65. The van der Waals surface area contributed by atoms with E-state index in [0.717, 1.165) is 4.47 Å². The molecule has 0 bridgehead atoms. The molecule has 0 fully saturated rings. The third kappa shape index (κ3) is 3.19. The maximum Gasteiger partial charge on any atom is 0.147 e. The molecule has 1 nitrogen and oxygen atoms in total. The van der Waals surface area contributed by atoms with Crippen molar-refractivity contribution in [3.8, 4) is 0 Å². The molecule has 1 aromatic carbocycles. The summed E-state index contributed by atoms with van der Waals surface area (Å²) in [6.45, 7) is 0. The molecular formula is C9H7Br2FO. The van der Waals surface area contributed by atoms with Crippen LogP contribution in [0.2, 0.25) is 0 Å². The molecular weight excluding hydrogens is 303 g/mol. The van der Waals surface area contributed by atoms with Gasteiger partial charge in [-0.3, -0.25) is 4.79 Å². The van der Waals surface area contributed by atoms with Crippen molar-refractivity contribution >= 4 is 37.6 Å². The predicted octanol–water partition coefficient (Wildman–Crippen LogP) is 3.09. The molecule has 0 aliphatic rings. The van der Waals surface area contributed by atoms with Crippen molar-refractivity contribution in [3.05, 3.63) is 34.1 Å². The molecule has 1 aromatic rings. The second-order valence-corrected chi connectivity index (χ2v) is 4.06. The first kappa shape index (κ1) is 10.9. The van der Waals surface area contributed by atoms with Crippen molar-refractivity contribution in [3.63, 3.8) is 0 Å². The van der Waals surface area contributed by atoms with Crippen LogP contribution in [0.25, 0.3) is 0 Å². The standard InChI is InChI=1S/C9H7Br2FO/c10-5-8(13)4-6-3-7(11)1-2-9(6)12/h1-3H,4-5H2. The molecule has 0 atom stereocenters. The van der Waals surface area contributed by atoms with E-state index in [1.165, 1.54) is 6.07 Å². The highest BCUT2D eigenvalue weighted by atomic mass is 79.9. The van der Waals surface area contributed by atoms with Crippen molar-refractivity contribution in [1.29, 1.82) is 0 Å². The summed E-state index contributed by atoms with van der Waals surface area (Å²) in [6, 6.07) is 4.58. The molecule has 0 unspecified atom stereocenters. The number of hydrogen-bond acceptors (Lipinski definition) is 1. The number of Topliss-reactive ketones (excluding diaryl/α,β-unsaturated/α-hetero) is 1. The van der Waals surface area contributed by atoms with Gasteiger partial charge >= 0.3 is 0 Å². The van der Waals surface area contributed by atoms with E-state index in [0.29, 0.717) is 5.56 Å². The second kappa shape index (κ2) is 4.86. The van der Waals surface area contributed by atoms with Crippen molar-refractivity contribution in [2.75, 3.05) is 5.33 Å². The minimum absolute atomic E-state index is 0.0306. The molecule has 0 aliphatic heterocycles. The Morgan fingerprint density at radius 3 is 2.77 bits per heavy atom. The van der Waals surface area contributed by atoms with E-state index in [4.69, 9.17) is 0 Å². The molecule has 0 saturated heterocycles. The lowest BCUT2D eigenvalue weighted by atomic mass is 10.1. The Bertz CT molecular complexity index is 325. The van der Waals surface area contributed by atoms with Gasteiger partial charge in [0.1, 0.15) is 11.6 Å². The molecule has 0 spiro atoms. The highest BCUT2D eigenvalue weighted by Crippen LogP contribution is 2.16. The molecule has 0 amide bonds. The van der Waals surface area contributed by atoms with Gasteiger partial charge in [-0.05, 0) is 23.8 Å². The van der Waals surface area contributed by atoms with Gasteiger partial charge in [0.2, 0.25) is 0 Å². The summed E-state index contributed by atoms with van der Waals surface area (Å²) in [5.41, 5.74) is 0.429. The fourth-order valence-corrected chi connectivity index (χ4v) is 1.55. The van der Waals surface area contributed by atoms with Crippen LogP contribution in [0.4, 0.5) is 4.39 Å². The Morgan fingerprint density at radius 2 is 2.15 bits per heavy atom. The molecule has 1 rings (SSSR count).